The number of benzene rings is 3. The maximum atomic E-state index is 14.2. The van der Waals surface area contributed by atoms with Crippen molar-refractivity contribution in [1.29, 1.82) is 0 Å². The molecule has 0 saturated heterocycles. The minimum Gasteiger partial charge on any atom is -0.352 e. The Morgan fingerprint density at radius 3 is 2.26 bits per heavy atom. The summed E-state index contributed by atoms with van der Waals surface area (Å²) in [6.45, 7) is 4.56. The highest BCUT2D eigenvalue weighted by Crippen LogP contribution is 2.29. The first kappa shape index (κ1) is 33.8. The first-order valence-corrected chi connectivity index (χ1v) is 16.1. The van der Waals surface area contributed by atoms with Crippen molar-refractivity contribution in [2.75, 3.05) is 17.1 Å². The molecule has 0 spiro atoms. The summed E-state index contributed by atoms with van der Waals surface area (Å²) in [5.41, 5.74) is 1.42. The van der Waals surface area contributed by atoms with Crippen molar-refractivity contribution in [3.05, 3.63) is 104 Å². The quantitative estimate of drug-likeness (QED) is 0.192. The van der Waals surface area contributed by atoms with Gasteiger partial charge in [-0.2, -0.15) is 0 Å². The van der Waals surface area contributed by atoms with Gasteiger partial charge in [-0.3, -0.25) is 24.0 Å². The SMILES string of the molecule is CCC(C)NC(=O)C(Cc1ccccc1)N(Cc1ccc(Cl)c(Cl)c1)C(=O)CN(c1cc([N+](=O)[O-])ccc1C)S(C)(=O)=O. The largest absolute Gasteiger partial charge is 0.352 e. The molecule has 0 fully saturated rings. The second-order valence-electron chi connectivity index (χ2n) is 10.3. The van der Waals surface area contributed by atoms with E-state index < -0.39 is 39.3 Å². The number of carbonyl (C=O) groups excluding carboxylic acids is 2. The molecule has 0 aliphatic carbocycles. The molecule has 1 N–H and O–H groups in total. The Balaban J connectivity index is 2.13. The van der Waals surface area contributed by atoms with E-state index in [2.05, 4.69) is 5.32 Å². The van der Waals surface area contributed by atoms with Gasteiger partial charge in [-0.05, 0) is 49.1 Å². The molecule has 2 amide bonds. The number of aryl methyl sites for hydroxylation is 1. The van der Waals surface area contributed by atoms with Gasteiger partial charge in [-0.1, -0.05) is 72.6 Å². The highest BCUT2D eigenvalue weighted by atomic mass is 35.5. The zero-order valence-corrected chi connectivity index (χ0v) is 26.6. The van der Waals surface area contributed by atoms with Crippen LogP contribution in [0.1, 0.15) is 37.0 Å². The monoisotopic (exact) mass is 648 g/mol. The maximum Gasteiger partial charge on any atom is 0.271 e. The zero-order valence-electron chi connectivity index (χ0n) is 24.3. The van der Waals surface area contributed by atoms with E-state index >= 15 is 0 Å². The number of sulfonamides is 1. The minimum atomic E-state index is -4.10. The van der Waals surface area contributed by atoms with Gasteiger partial charge in [-0.25, -0.2) is 8.42 Å². The third kappa shape index (κ3) is 9.16. The van der Waals surface area contributed by atoms with Crippen LogP contribution in [0.2, 0.25) is 10.0 Å². The van der Waals surface area contributed by atoms with Gasteiger partial charge in [0.1, 0.15) is 12.6 Å². The molecule has 10 nitrogen and oxygen atoms in total. The third-order valence-electron chi connectivity index (χ3n) is 6.96. The molecule has 0 aliphatic rings. The maximum absolute atomic E-state index is 14.2. The minimum absolute atomic E-state index is 0.0109. The van der Waals surface area contributed by atoms with Gasteiger partial charge in [0.2, 0.25) is 21.8 Å². The summed E-state index contributed by atoms with van der Waals surface area (Å²) in [4.78, 5) is 40.1. The molecule has 0 aromatic heterocycles. The lowest BCUT2D eigenvalue weighted by Gasteiger charge is -2.34. The topological polar surface area (TPSA) is 130 Å². The smallest absolute Gasteiger partial charge is 0.271 e. The molecular formula is C30H34Cl2N4O6S. The predicted molar refractivity (Wildman–Crippen MR) is 169 cm³/mol. The van der Waals surface area contributed by atoms with E-state index in [1.54, 1.807) is 25.1 Å². The van der Waals surface area contributed by atoms with Crippen molar-refractivity contribution in [3.63, 3.8) is 0 Å². The number of amides is 2. The Morgan fingerprint density at radius 1 is 1.00 bits per heavy atom. The van der Waals surface area contributed by atoms with Crippen LogP contribution in [0.25, 0.3) is 0 Å². The number of non-ortho nitro benzene ring substituents is 1. The molecular weight excluding hydrogens is 615 g/mol. The van der Waals surface area contributed by atoms with Gasteiger partial charge < -0.3 is 10.2 Å². The Kier molecular flexibility index (Phi) is 11.5. The average molecular weight is 650 g/mol. The molecule has 43 heavy (non-hydrogen) atoms. The number of nitro groups is 1. The summed E-state index contributed by atoms with van der Waals surface area (Å²) in [5, 5.41) is 15.0. The van der Waals surface area contributed by atoms with E-state index in [1.807, 2.05) is 44.2 Å². The lowest BCUT2D eigenvalue weighted by Crippen LogP contribution is -2.54. The summed E-state index contributed by atoms with van der Waals surface area (Å²) >= 11 is 12.4. The van der Waals surface area contributed by atoms with Crippen molar-refractivity contribution >= 4 is 56.4 Å². The van der Waals surface area contributed by atoms with E-state index in [0.717, 1.165) is 22.2 Å². The second-order valence-corrected chi connectivity index (χ2v) is 13.0. The van der Waals surface area contributed by atoms with Crippen molar-refractivity contribution in [3.8, 4) is 0 Å². The summed E-state index contributed by atoms with van der Waals surface area (Å²) in [6.07, 6.45) is 1.71. The van der Waals surface area contributed by atoms with Crippen LogP contribution in [0.4, 0.5) is 11.4 Å². The van der Waals surface area contributed by atoms with Crippen LogP contribution in [-0.2, 0) is 32.6 Å². The van der Waals surface area contributed by atoms with E-state index in [0.29, 0.717) is 22.6 Å². The van der Waals surface area contributed by atoms with E-state index in [9.17, 15) is 28.1 Å². The number of hydrogen-bond donors (Lipinski definition) is 1. The second kappa shape index (κ2) is 14.7. The molecule has 0 saturated carbocycles. The molecule has 0 aliphatic heterocycles. The van der Waals surface area contributed by atoms with E-state index in [1.165, 1.54) is 17.0 Å². The fourth-order valence-electron chi connectivity index (χ4n) is 4.40. The predicted octanol–water partition coefficient (Wildman–Crippen LogP) is 5.53. The molecule has 13 heteroatoms. The Bertz CT molecular complexity index is 1590. The highest BCUT2D eigenvalue weighted by molar-refractivity contribution is 7.92. The molecule has 0 heterocycles. The Labute approximate surface area is 261 Å². The summed E-state index contributed by atoms with van der Waals surface area (Å²) in [5.74, 6) is -1.10. The molecule has 230 valence electrons. The summed E-state index contributed by atoms with van der Waals surface area (Å²) in [7, 11) is -4.10. The number of halogens is 2. The zero-order chi connectivity index (χ0) is 31.9. The van der Waals surface area contributed by atoms with Crippen molar-refractivity contribution < 1.29 is 22.9 Å². The van der Waals surface area contributed by atoms with Gasteiger partial charge in [0, 0.05) is 31.1 Å². The molecule has 2 atom stereocenters. The van der Waals surface area contributed by atoms with E-state index in [4.69, 9.17) is 23.2 Å². The van der Waals surface area contributed by atoms with Gasteiger partial charge in [0.25, 0.3) is 5.69 Å². The van der Waals surface area contributed by atoms with Crippen molar-refractivity contribution in [2.24, 2.45) is 0 Å². The fraction of sp³-hybridized carbons (Fsp3) is 0.333. The number of carbonyl (C=O) groups is 2. The summed E-state index contributed by atoms with van der Waals surface area (Å²) < 4.78 is 26.9. The molecule has 2 unspecified atom stereocenters. The van der Waals surface area contributed by atoms with Crippen LogP contribution in [0.3, 0.4) is 0 Å². The number of nitro benzene ring substituents is 1. The molecule has 3 aromatic carbocycles. The normalized spacial score (nSPS) is 12.7. The first-order valence-electron chi connectivity index (χ1n) is 13.5. The Hall–Kier alpha value is -3.67. The van der Waals surface area contributed by atoms with Crippen LogP contribution in [0.15, 0.2) is 66.7 Å². The number of anilines is 1. The van der Waals surface area contributed by atoms with Crippen LogP contribution in [0, 0.1) is 17.0 Å². The van der Waals surface area contributed by atoms with Crippen molar-refractivity contribution in [2.45, 2.75) is 52.2 Å². The van der Waals surface area contributed by atoms with Gasteiger partial charge in [-0.15, -0.1) is 0 Å². The van der Waals surface area contributed by atoms with E-state index in [-0.39, 0.29) is 35.4 Å². The lowest BCUT2D eigenvalue weighted by molar-refractivity contribution is -0.384. The average Bonchev–Trinajstić information content (AvgIpc) is 2.95. The van der Waals surface area contributed by atoms with Crippen LogP contribution >= 0.6 is 23.2 Å². The molecule has 0 bridgehead atoms. The highest BCUT2D eigenvalue weighted by Gasteiger charge is 2.34. The fourth-order valence-corrected chi connectivity index (χ4v) is 5.62. The number of nitrogens with one attached hydrogen (secondary N) is 1. The van der Waals surface area contributed by atoms with Gasteiger partial charge in [0.15, 0.2) is 0 Å². The van der Waals surface area contributed by atoms with Gasteiger partial charge >= 0.3 is 0 Å². The third-order valence-corrected chi connectivity index (χ3v) is 8.83. The lowest BCUT2D eigenvalue weighted by atomic mass is 10.0. The van der Waals surface area contributed by atoms with Crippen molar-refractivity contribution in [1.82, 2.24) is 10.2 Å². The number of nitrogens with zero attached hydrogens (tertiary/aromatic N) is 3. The molecule has 3 aromatic rings. The number of hydrogen-bond acceptors (Lipinski definition) is 6. The molecule has 3 rings (SSSR count). The standard InChI is InChI=1S/C30H34Cl2N4O6S/c1-5-21(3)33-30(38)28(16-22-9-7-6-8-10-22)34(18-23-12-14-25(31)26(32)15-23)29(37)19-35(43(4,41)42)27-17-24(36(39)40)13-11-20(27)2/h6-15,17,21,28H,5,16,18-19H2,1-4H3,(H,33,38). The first-order chi connectivity index (χ1) is 20.2. The van der Waals surface area contributed by atoms with Gasteiger partial charge in [0.05, 0.1) is 26.9 Å². The molecule has 0 radical (unpaired) electrons. The van der Waals surface area contributed by atoms with Crippen LogP contribution in [-0.4, -0.2) is 54.9 Å². The van der Waals surface area contributed by atoms with Crippen LogP contribution < -0.4 is 9.62 Å². The Morgan fingerprint density at radius 2 is 1.67 bits per heavy atom. The van der Waals surface area contributed by atoms with Crippen LogP contribution in [0.5, 0.6) is 0 Å². The summed E-state index contributed by atoms with van der Waals surface area (Å²) in [6, 6.07) is 16.5. The number of rotatable bonds is 13.